The van der Waals surface area contributed by atoms with E-state index in [2.05, 4.69) is 11.6 Å². The quantitative estimate of drug-likeness (QED) is 0.616. The number of halogens is 2. The zero-order chi connectivity index (χ0) is 15.5. The van der Waals surface area contributed by atoms with E-state index in [0.717, 1.165) is 16.3 Å². The molecule has 112 valence electrons. The molecule has 22 heavy (non-hydrogen) atoms. The van der Waals surface area contributed by atoms with Crippen molar-refractivity contribution < 1.29 is 8.81 Å². The lowest BCUT2D eigenvalue weighted by Crippen LogP contribution is -2.14. The number of aromatic nitrogens is 1. The number of benzene rings is 1. The van der Waals surface area contributed by atoms with Crippen LogP contribution in [0.3, 0.4) is 0 Å². The van der Waals surface area contributed by atoms with Crippen molar-refractivity contribution in [3.8, 4) is 11.5 Å². The Bertz CT molecular complexity index is 865. The summed E-state index contributed by atoms with van der Waals surface area (Å²) in [6.45, 7) is 4.34. The molecule has 0 bridgehead atoms. The van der Waals surface area contributed by atoms with E-state index >= 15 is 0 Å². The molecular weight excluding hydrogens is 323 g/mol. The molecule has 0 saturated heterocycles. The van der Waals surface area contributed by atoms with Gasteiger partial charge in [0.2, 0.25) is 0 Å². The second kappa shape index (κ2) is 6.34. The molecule has 0 radical (unpaired) electrons. The van der Waals surface area contributed by atoms with Gasteiger partial charge >= 0.3 is 0 Å². The molecule has 2 aromatic heterocycles. The molecule has 0 unspecified atom stereocenters. The lowest BCUT2D eigenvalue weighted by atomic mass is 10.3. The van der Waals surface area contributed by atoms with E-state index in [0.29, 0.717) is 12.2 Å². The van der Waals surface area contributed by atoms with Gasteiger partial charge < -0.3 is 8.98 Å². The highest BCUT2D eigenvalue weighted by molar-refractivity contribution is 7.07. The van der Waals surface area contributed by atoms with Crippen LogP contribution in [-0.2, 0) is 6.54 Å². The Balaban J connectivity index is 2.12. The summed E-state index contributed by atoms with van der Waals surface area (Å²) in [6.07, 6.45) is 3.40. The average molecular weight is 335 g/mol. The number of furan rings is 1. The summed E-state index contributed by atoms with van der Waals surface area (Å²) in [7, 11) is 0. The summed E-state index contributed by atoms with van der Waals surface area (Å²) in [5.41, 5.74) is 1.41. The average Bonchev–Trinajstić information content (AvgIpc) is 3.14. The summed E-state index contributed by atoms with van der Waals surface area (Å²) in [5.74, 6) is 0.267. The number of thiazole rings is 1. The molecule has 2 heterocycles. The lowest BCUT2D eigenvalue weighted by molar-refractivity contribution is 0.574. The van der Waals surface area contributed by atoms with Crippen LogP contribution in [0.5, 0.6) is 0 Å². The number of rotatable bonds is 4. The molecule has 0 amide bonds. The molecule has 3 aromatic rings. The third-order valence-corrected chi connectivity index (χ3v) is 4.18. The molecule has 0 aliphatic carbocycles. The Morgan fingerprint density at radius 1 is 1.41 bits per heavy atom. The molecule has 0 spiro atoms. The van der Waals surface area contributed by atoms with E-state index in [1.165, 1.54) is 23.5 Å². The Morgan fingerprint density at radius 3 is 2.95 bits per heavy atom. The Morgan fingerprint density at radius 2 is 2.27 bits per heavy atom. The highest BCUT2D eigenvalue weighted by Gasteiger charge is 2.09. The predicted molar refractivity (Wildman–Crippen MR) is 86.8 cm³/mol. The third kappa shape index (κ3) is 2.91. The fourth-order valence-corrected chi connectivity index (χ4v) is 3.05. The lowest BCUT2D eigenvalue weighted by Gasteiger charge is -2.03. The van der Waals surface area contributed by atoms with E-state index in [1.54, 1.807) is 18.4 Å². The van der Waals surface area contributed by atoms with Gasteiger partial charge in [-0.1, -0.05) is 17.7 Å². The first-order valence-electron chi connectivity index (χ1n) is 6.52. The van der Waals surface area contributed by atoms with E-state index in [4.69, 9.17) is 16.0 Å². The van der Waals surface area contributed by atoms with Crippen LogP contribution in [0.1, 0.15) is 0 Å². The van der Waals surface area contributed by atoms with Crippen molar-refractivity contribution in [2.24, 2.45) is 4.99 Å². The summed E-state index contributed by atoms with van der Waals surface area (Å²) < 4.78 is 20.9. The van der Waals surface area contributed by atoms with E-state index in [9.17, 15) is 4.39 Å². The van der Waals surface area contributed by atoms with Crippen LogP contribution >= 0.6 is 22.9 Å². The molecule has 3 rings (SSSR count). The smallest absolute Gasteiger partial charge is 0.190 e. The van der Waals surface area contributed by atoms with Crippen LogP contribution in [-0.4, -0.2) is 4.57 Å². The van der Waals surface area contributed by atoms with Crippen molar-refractivity contribution in [1.29, 1.82) is 0 Å². The maximum atomic E-state index is 13.5. The molecule has 6 heteroatoms. The Kier molecular flexibility index (Phi) is 4.27. The van der Waals surface area contributed by atoms with Crippen LogP contribution in [0.15, 0.2) is 64.0 Å². The Labute approximate surface area is 135 Å². The van der Waals surface area contributed by atoms with Gasteiger partial charge in [0.25, 0.3) is 0 Å². The minimum absolute atomic E-state index is 0.0837. The monoisotopic (exact) mass is 334 g/mol. The van der Waals surface area contributed by atoms with Crippen LogP contribution < -0.4 is 4.80 Å². The summed E-state index contributed by atoms with van der Waals surface area (Å²) in [4.78, 5) is 5.22. The van der Waals surface area contributed by atoms with Gasteiger partial charge in [-0.2, -0.15) is 0 Å². The van der Waals surface area contributed by atoms with Gasteiger partial charge in [0.1, 0.15) is 5.82 Å². The van der Waals surface area contributed by atoms with Gasteiger partial charge in [0.15, 0.2) is 10.6 Å². The minimum Gasteiger partial charge on any atom is -0.463 e. The summed E-state index contributed by atoms with van der Waals surface area (Å²) >= 11 is 7.14. The maximum Gasteiger partial charge on any atom is 0.190 e. The van der Waals surface area contributed by atoms with Crippen molar-refractivity contribution in [1.82, 2.24) is 4.57 Å². The molecule has 0 fully saturated rings. The van der Waals surface area contributed by atoms with E-state index in [1.807, 2.05) is 22.1 Å². The zero-order valence-corrected chi connectivity index (χ0v) is 13.1. The van der Waals surface area contributed by atoms with Crippen molar-refractivity contribution in [3.05, 3.63) is 70.3 Å². The highest BCUT2D eigenvalue weighted by Crippen LogP contribution is 2.23. The predicted octanol–water partition coefficient (Wildman–Crippen LogP) is 5.02. The maximum absolute atomic E-state index is 13.5. The van der Waals surface area contributed by atoms with Gasteiger partial charge in [-0.3, -0.25) is 0 Å². The van der Waals surface area contributed by atoms with Gasteiger partial charge in [0.05, 0.1) is 22.7 Å². The van der Waals surface area contributed by atoms with Crippen LogP contribution in [0.2, 0.25) is 5.02 Å². The number of hydrogen-bond acceptors (Lipinski definition) is 3. The second-order valence-electron chi connectivity index (χ2n) is 4.49. The normalized spacial score (nSPS) is 11.8. The summed E-state index contributed by atoms with van der Waals surface area (Å²) in [6, 6.07) is 8.20. The first-order valence-corrected chi connectivity index (χ1v) is 7.77. The highest BCUT2D eigenvalue weighted by atomic mass is 35.5. The van der Waals surface area contributed by atoms with E-state index < -0.39 is 5.82 Å². The van der Waals surface area contributed by atoms with Crippen LogP contribution in [0.25, 0.3) is 11.5 Å². The number of allylic oxidation sites excluding steroid dienone is 1. The van der Waals surface area contributed by atoms with Gasteiger partial charge in [0, 0.05) is 18.0 Å². The molecule has 0 aliphatic rings. The van der Waals surface area contributed by atoms with Gasteiger partial charge in [-0.25, -0.2) is 9.38 Å². The molecule has 0 atom stereocenters. The molecule has 0 N–H and O–H groups in total. The molecule has 1 aromatic carbocycles. The largest absolute Gasteiger partial charge is 0.463 e. The first-order chi connectivity index (χ1) is 10.7. The molecule has 0 saturated carbocycles. The zero-order valence-electron chi connectivity index (χ0n) is 11.5. The standard InChI is InChI=1S/C16H12ClFN2OS/c1-2-7-20-14(15-4-3-8-21-15)10-22-16(20)19-11-5-6-12(17)13(18)9-11/h2-6,8-10H,1,7H2. The fraction of sp³-hybridized carbons (Fsp3) is 0.0625. The van der Waals surface area contributed by atoms with E-state index in [-0.39, 0.29) is 5.02 Å². The van der Waals surface area contributed by atoms with Gasteiger partial charge in [-0.15, -0.1) is 17.9 Å². The van der Waals surface area contributed by atoms with Crippen molar-refractivity contribution in [2.45, 2.75) is 6.54 Å². The molecule has 3 nitrogen and oxygen atoms in total. The Hall–Kier alpha value is -2.11. The fourth-order valence-electron chi connectivity index (χ4n) is 2.01. The minimum atomic E-state index is -0.485. The van der Waals surface area contributed by atoms with Gasteiger partial charge in [-0.05, 0) is 24.3 Å². The third-order valence-electron chi connectivity index (χ3n) is 3.01. The molecular formula is C16H12ClFN2OS. The van der Waals surface area contributed by atoms with Crippen molar-refractivity contribution in [2.75, 3.05) is 0 Å². The van der Waals surface area contributed by atoms with Crippen molar-refractivity contribution in [3.63, 3.8) is 0 Å². The van der Waals surface area contributed by atoms with Crippen LogP contribution in [0.4, 0.5) is 10.1 Å². The second-order valence-corrected chi connectivity index (χ2v) is 5.73. The van der Waals surface area contributed by atoms with Crippen LogP contribution in [0, 0.1) is 5.82 Å². The summed E-state index contributed by atoms with van der Waals surface area (Å²) in [5, 5.41) is 2.04. The van der Waals surface area contributed by atoms with Crippen molar-refractivity contribution >= 4 is 28.6 Å². The number of nitrogens with zero attached hydrogens (tertiary/aromatic N) is 2. The SMILES string of the molecule is C=CCn1c(-c2ccco2)csc1=Nc1ccc(Cl)c(F)c1. The number of hydrogen-bond donors (Lipinski definition) is 0. The first kappa shape index (κ1) is 14.8. The molecule has 0 aliphatic heterocycles. The topological polar surface area (TPSA) is 30.4 Å².